The van der Waals surface area contributed by atoms with Crippen LogP contribution in [0.25, 0.3) is 10.2 Å². The van der Waals surface area contributed by atoms with Crippen LogP contribution in [0, 0.1) is 0 Å². The number of nitrogens with zero attached hydrogens (tertiary/aromatic N) is 3. The van der Waals surface area contributed by atoms with Crippen LogP contribution in [-0.4, -0.2) is 54.3 Å². The molecule has 0 unspecified atom stereocenters. The molecule has 0 radical (unpaired) electrons. The lowest BCUT2D eigenvalue weighted by Crippen LogP contribution is -2.49. The summed E-state index contributed by atoms with van der Waals surface area (Å²) in [7, 11) is 0. The maximum atomic E-state index is 12.6. The summed E-state index contributed by atoms with van der Waals surface area (Å²) in [5.41, 5.74) is 2.12. The van der Waals surface area contributed by atoms with Crippen molar-refractivity contribution in [3.05, 3.63) is 48.5 Å². The van der Waals surface area contributed by atoms with Crippen LogP contribution < -0.4 is 9.64 Å². The molecule has 0 N–H and O–H groups in total. The zero-order chi connectivity index (χ0) is 19.3. The molecule has 1 aliphatic heterocycles. The van der Waals surface area contributed by atoms with Crippen molar-refractivity contribution in [1.82, 2.24) is 9.88 Å². The molecule has 0 atom stereocenters. The lowest BCUT2D eigenvalue weighted by atomic mass is 10.2. The normalized spacial score (nSPS) is 14.5. The summed E-state index contributed by atoms with van der Waals surface area (Å²) in [6.07, 6.45) is 0. The van der Waals surface area contributed by atoms with E-state index in [1.165, 1.54) is 16.5 Å². The van der Waals surface area contributed by atoms with Gasteiger partial charge in [0, 0.05) is 26.2 Å². The van der Waals surface area contributed by atoms with Gasteiger partial charge in [-0.3, -0.25) is 4.79 Å². The van der Waals surface area contributed by atoms with E-state index in [0.29, 0.717) is 12.4 Å². The fourth-order valence-corrected chi connectivity index (χ4v) is 5.29. The number of benzene rings is 2. The molecule has 2 aromatic carbocycles. The molecule has 1 fully saturated rings. The van der Waals surface area contributed by atoms with Gasteiger partial charge in [-0.25, -0.2) is 4.98 Å². The Labute approximate surface area is 173 Å². The van der Waals surface area contributed by atoms with Crippen molar-refractivity contribution < 1.29 is 9.53 Å². The van der Waals surface area contributed by atoms with Crippen molar-refractivity contribution in [3.63, 3.8) is 0 Å². The number of anilines is 1. The third kappa shape index (κ3) is 4.25. The Morgan fingerprint density at radius 2 is 1.86 bits per heavy atom. The highest BCUT2D eigenvalue weighted by Gasteiger charge is 2.23. The molecule has 0 aliphatic carbocycles. The van der Waals surface area contributed by atoms with E-state index in [1.807, 2.05) is 48.2 Å². The molecule has 0 saturated carbocycles. The van der Waals surface area contributed by atoms with Crippen molar-refractivity contribution in [1.29, 1.82) is 0 Å². The van der Waals surface area contributed by atoms with Gasteiger partial charge in [-0.05, 0) is 31.2 Å². The van der Waals surface area contributed by atoms with Crippen LogP contribution in [0.1, 0.15) is 6.92 Å². The van der Waals surface area contributed by atoms with Gasteiger partial charge in [0.05, 0.1) is 28.3 Å². The fourth-order valence-electron chi connectivity index (χ4n) is 3.32. The van der Waals surface area contributed by atoms with Gasteiger partial charge in [0.15, 0.2) is 4.34 Å². The molecule has 4 rings (SSSR count). The zero-order valence-corrected chi connectivity index (χ0v) is 17.5. The second-order valence-electron chi connectivity index (χ2n) is 6.50. The predicted octanol–water partition coefficient (Wildman–Crippen LogP) is 4.14. The molecule has 3 aromatic rings. The van der Waals surface area contributed by atoms with E-state index in [2.05, 4.69) is 22.0 Å². The molecule has 2 heterocycles. The number of ether oxygens (including phenoxy) is 1. The standard InChI is InChI=1S/C21H23N3O2S2/c1-2-26-18-9-5-4-8-17(18)23-11-13-24(14-12-23)20(25)15-27-21-22-16-7-3-6-10-19(16)28-21/h3-10H,2,11-15H2,1H3. The Morgan fingerprint density at radius 1 is 1.11 bits per heavy atom. The Morgan fingerprint density at radius 3 is 2.64 bits per heavy atom. The van der Waals surface area contributed by atoms with Crippen molar-refractivity contribution in [2.75, 3.05) is 43.4 Å². The van der Waals surface area contributed by atoms with E-state index >= 15 is 0 Å². The maximum absolute atomic E-state index is 12.6. The van der Waals surface area contributed by atoms with Gasteiger partial charge in [0.25, 0.3) is 0 Å². The number of hydrogen-bond acceptors (Lipinski definition) is 6. The molecule has 0 bridgehead atoms. The number of hydrogen-bond donors (Lipinski definition) is 0. The highest BCUT2D eigenvalue weighted by molar-refractivity contribution is 8.01. The van der Waals surface area contributed by atoms with E-state index < -0.39 is 0 Å². The first kappa shape index (κ1) is 19.1. The van der Waals surface area contributed by atoms with Gasteiger partial charge >= 0.3 is 0 Å². The molecule has 1 aromatic heterocycles. The summed E-state index contributed by atoms with van der Waals surface area (Å²) >= 11 is 3.19. The first-order valence-corrected chi connectivity index (χ1v) is 11.3. The van der Waals surface area contributed by atoms with Crippen LogP contribution in [-0.2, 0) is 4.79 Å². The number of carbonyl (C=O) groups is 1. The van der Waals surface area contributed by atoms with Crippen molar-refractivity contribution in [3.8, 4) is 5.75 Å². The third-order valence-electron chi connectivity index (χ3n) is 4.73. The Kier molecular flexibility index (Phi) is 6.02. The van der Waals surface area contributed by atoms with Crippen LogP contribution in [0.4, 0.5) is 5.69 Å². The van der Waals surface area contributed by atoms with Crippen LogP contribution in [0.5, 0.6) is 5.75 Å². The number of piperazine rings is 1. The van der Waals surface area contributed by atoms with Crippen LogP contribution >= 0.6 is 23.1 Å². The highest BCUT2D eigenvalue weighted by atomic mass is 32.2. The van der Waals surface area contributed by atoms with Gasteiger partial charge in [-0.15, -0.1) is 11.3 Å². The quantitative estimate of drug-likeness (QED) is 0.569. The predicted molar refractivity (Wildman–Crippen MR) is 117 cm³/mol. The van der Waals surface area contributed by atoms with Gasteiger partial charge in [0.1, 0.15) is 5.75 Å². The average Bonchev–Trinajstić information content (AvgIpc) is 3.16. The smallest absolute Gasteiger partial charge is 0.233 e. The molecule has 146 valence electrons. The van der Waals surface area contributed by atoms with Crippen molar-refractivity contribution in [2.45, 2.75) is 11.3 Å². The number of thiazole rings is 1. The highest BCUT2D eigenvalue weighted by Crippen LogP contribution is 2.30. The van der Waals surface area contributed by atoms with E-state index in [0.717, 1.165) is 47.5 Å². The summed E-state index contributed by atoms with van der Waals surface area (Å²) < 4.78 is 7.87. The first-order valence-electron chi connectivity index (χ1n) is 9.47. The minimum atomic E-state index is 0.182. The second kappa shape index (κ2) is 8.84. The molecule has 5 nitrogen and oxygen atoms in total. The van der Waals surface area contributed by atoms with Crippen LogP contribution in [0.2, 0.25) is 0 Å². The van der Waals surface area contributed by atoms with E-state index in [-0.39, 0.29) is 5.91 Å². The maximum Gasteiger partial charge on any atom is 0.233 e. The largest absolute Gasteiger partial charge is 0.492 e. The Bertz CT molecular complexity index is 918. The lowest BCUT2D eigenvalue weighted by Gasteiger charge is -2.36. The van der Waals surface area contributed by atoms with Crippen LogP contribution in [0.3, 0.4) is 0 Å². The first-order chi connectivity index (χ1) is 13.7. The monoisotopic (exact) mass is 413 g/mol. The Hall–Kier alpha value is -2.25. The molecular formula is C21H23N3O2S2. The van der Waals surface area contributed by atoms with Gasteiger partial charge in [-0.1, -0.05) is 36.0 Å². The number of rotatable bonds is 6. The summed E-state index contributed by atoms with van der Waals surface area (Å²) in [5.74, 6) is 1.54. The summed E-state index contributed by atoms with van der Waals surface area (Å²) in [4.78, 5) is 21.5. The molecule has 7 heteroatoms. The van der Waals surface area contributed by atoms with E-state index in [4.69, 9.17) is 4.74 Å². The lowest BCUT2D eigenvalue weighted by molar-refractivity contribution is -0.128. The van der Waals surface area contributed by atoms with Gasteiger partial charge < -0.3 is 14.5 Å². The molecule has 1 saturated heterocycles. The zero-order valence-electron chi connectivity index (χ0n) is 15.8. The topological polar surface area (TPSA) is 45.7 Å². The fraction of sp³-hybridized carbons (Fsp3) is 0.333. The van der Waals surface area contributed by atoms with Gasteiger partial charge in [-0.2, -0.15) is 0 Å². The third-order valence-corrected chi connectivity index (χ3v) is 6.90. The number of carbonyl (C=O) groups excluding carboxylic acids is 1. The molecule has 28 heavy (non-hydrogen) atoms. The Balaban J connectivity index is 1.31. The SMILES string of the molecule is CCOc1ccccc1N1CCN(C(=O)CSc2nc3ccccc3s2)CC1. The molecule has 1 aliphatic rings. The molecular weight excluding hydrogens is 390 g/mol. The number of fused-ring (bicyclic) bond motifs is 1. The minimum Gasteiger partial charge on any atom is -0.492 e. The summed E-state index contributed by atoms with van der Waals surface area (Å²) in [6, 6.07) is 16.2. The number of thioether (sulfide) groups is 1. The molecule has 0 spiro atoms. The van der Waals surface area contributed by atoms with Crippen molar-refractivity contribution in [2.24, 2.45) is 0 Å². The minimum absolute atomic E-state index is 0.182. The van der Waals surface area contributed by atoms with Crippen LogP contribution in [0.15, 0.2) is 52.9 Å². The molecule has 1 amide bonds. The second-order valence-corrected chi connectivity index (χ2v) is 8.76. The number of amides is 1. The summed E-state index contributed by atoms with van der Waals surface area (Å²) in [6.45, 7) is 5.76. The number of aromatic nitrogens is 1. The van der Waals surface area contributed by atoms with Crippen molar-refractivity contribution >= 4 is 44.9 Å². The van der Waals surface area contributed by atoms with E-state index in [9.17, 15) is 4.79 Å². The summed E-state index contributed by atoms with van der Waals surface area (Å²) in [5, 5.41) is 0. The van der Waals surface area contributed by atoms with E-state index in [1.54, 1.807) is 11.3 Å². The average molecular weight is 414 g/mol. The van der Waals surface area contributed by atoms with Gasteiger partial charge in [0.2, 0.25) is 5.91 Å². The number of para-hydroxylation sites is 3.